The molecule has 0 spiro atoms. The van der Waals surface area contributed by atoms with E-state index in [1.807, 2.05) is 0 Å². The molecule has 0 aliphatic rings. The van der Waals surface area contributed by atoms with Crippen LogP contribution in [-0.2, 0) is 0 Å². The van der Waals surface area contributed by atoms with Crippen LogP contribution >= 0.6 is 11.3 Å². The van der Waals surface area contributed by atoms with E-state index in [9.17, 15) is 0 Å². The maximum atomic E-state index is 6.12. The van der Waals surface area contributed by atoms with Gasteiger partial charge in [-0.2, -0.15) is 0 Å². The first-order valence-corrected chi connectivity index (χ1v) is 6.45. The number of hydrogen-bond acceptors (Lipinski definition) is 3. The first kappa shape index (κ1) is 12.7. The van der Waals surface area contributed by atoms with Crippen molar-refractivity contribution >= 4 is 11.3 Å². The molecular formula is C12H22N2S. The van der Waals surface area contributed by atoms with E-state index in [1.54, 1.807) is 11.3 Å². The molecule has 0 saturated heterocycles. The van der Waals surface area contributed by atoms with Crippen LogP contribution in [-0.4, -0.2) is 25.0 Å². The Morgan fingerprint density at radius 3 is 2.73 bits per heavy atom. The van der Waals surface area contributed by atoms with Crippen LogP contribution in [0, 0.1) is 5.92 Å². The van der Waals surface area contributed by atoms with Crippen molar-refractivity contribution < 1.29 is 0 Å². The van der Waals surface area contributed by atoms with Gasteiger partial charge in [-0.05, 0) is 37.4 Å². The second kappa shape index (κ2) is 6.26. The van der Waals surface area contributed by atoms with Gasteiger partial charge in [-0.3, -0.25) is 0 Å². The molecule has 0 aliphatic carbocycles. The van der Waals surface area contributed by atoms with Gasteiger partial charge in [-0.15, -0.1) is 11.3 Å². The van der Waals surface area contributed by atoms with Crippen molar-refractivity contribution in [3.8, 4) is 0 Å². The molecule has 15 heavy (non-hydrogen) atoms. The third-order valence-corrected chi connectivity index (χ3v) is 3.51. The molecule has 0 fully saturated rings. The summed E-state index contributed by atoms with van der Waals surface area (Å²) in [6.45, 7) is 6.60. The fourth-order valence-corrected chi connectivity index (χ4v) is 2.22. The van der Waals surface area contributed by atoms with Crippen molar-refractivity contribution in [2.45, 2.75) is 26.3 Å². The summed E-state index contributed by atoms with van der Waals surface area (Å²) >= 11 is 1.75. The Morgan fingerprint density at radius 1 is 1.47 bits per heavy atom. The maximum absolute atomic E-state index is 6.12. The summed E-state index contributed by atoms with van der Waals surface area (Å²) in [5, 5.41) is 2.09. The quantitative estimate of drug-likeness (QED) is 0.808. The molecule has 1 atom stereocenters. The fourth-order valence-electron chi connectivity index (χ4n) is 1.50. The zero-order chi connectivity index (χ0) is 11.3. The molecule has 86 valence electrons. The Morgan fingerprint density at radius 2 is 2.20 bits per heavy atom. The second-order valence-corrected chi connectivity index (χ2v) is 5.55. The van der Waals surface area contributed by atoms with Gasteiger partial charge in [0.25, 0.3) is 0 Å². The SMILES string of the molecule is CC(C)CCN(C)CC(N)c1cccs1. The van der Waals surface area contributed by atoms with Gasteiger partial charge in [-0.1, -0.05) is 19.9 Å². The number of thiophene rings is 1. The van der Waals surface area contributed by atoms with Crippen molar-refractivity contribution in [2.24, 2.45) is 11.7 Å². The van der Waals surface area contributed by atoms with Crippen molar-refractivity contribution in [1.82, 2.24) is 4.90 Å². The molecule has 0 saturated carbocycles. The Labute approximate surface area is 97.1 Å². The zero-order valence-electron chi connectivity index (χ0n) is 9.94. The third-order valence-electron chi connectivity index (χ3n) is 2.51. The third kappa shape index (κ3) is 4.78. The minimum absolute atomic E-state index is 0.169. The van der Waals surface area contributed by atoms with Crippen molar-refractivity contribution in [3.63, 3.8) is 0 Å². The lowest BCUT2D eigenvalue weighted by molar-refractivity contribution is 0.294. The summed E-state index contributed by atoms with van der Waals surface area (Å²) in [7, 11) is 2.15. The van der Waals surface area contributed by atoms with Gasteiger partial charge in [0.1, 0.15) is 0 Å². The van der Waals surface area contributed by atoms with E-state index in [2.05, 4.69) is 43.3 Å². The standard InChI is InChI=1S/C12H22N2S/c1-10(2)6-7-14(3)9-11(13)12-5-4-8-15-12/h4-5,8,10-11H,6-7,9,13H2,1-3H3. The Kier molecular flexibility index (Phi) is 5.29. The van der Waals surface area contributed by atoms with Gasteiger partial charge < -0.3 is 10.6 Å². The fraction of sp³-hybridized carbons (Fsp3) is 0.667. The van der Waals surface area contributed by atoms with Crippen LogP contribution < -0.4 is 5.73 Å². The number of nitrogens with zero attached hydrogens (tertiary/aromatic N) is 1. The van der Waals surface area contributed by atoms with Gasteiger partial charge in [0.15, 0.2) is 0 Å². The second-order valence-electron chi connectivity index (χ2n) is 4.57. The number of likely N-dealkylation sites (N-methyl/N-ethyl adjacent to an activating group) is 1. The zero-order valence-corrected chi connectivity index (χ0v) is 10.8. The lowest BCUT2D eigenvalue weighted by Crippen LogP contribution is -2.29. The van der Waals surface area contributed by atoms with Gasteiger partial charge in [0.05, 0.1) is 6.04 Å². The van der Waals surface area contributed by atoms with E-state index >= 15 is 0 Å². The molecule has 1 heterocycles. The van der Waals surface area contributed by atoms with Crippen LogP contribution in [0.25, 0.3) is 0 Å². The summed E-state index contributed by atoms with van der Waals surface area (Å²) in [5.74, 6) is 0.769. The van der Waals surface area contributed by atoms with E-state index in [-0.39, 0.29) is 6.04 Å². The van der Waals surface area contributed by atoms with Crippen LogP contribution in [0.2, 0.25) is 0 Å². The average molecular weight is 226 g/mol. The van der Waals surface area contributed by atoms with Gasteiger partial charge in [0.2, 0.25) is 0 Å². The van der Waals surface area contributed by atoms with E-state index in [4.69, 9.17) is 5.73 Å². The number of rotatable bonds is 6. The maximum Gasteiger partial charge on any atom is 0.0518 e. The van der Waals surface area contributed by atoms with Gasteiger partial charge in [0, 0.05) is 11.4 Å². The summed E-state index contributed by atoms with van der Waals surface area (Å²) in [4.78, 5) is 3.61. The van der Waals surface area contributed by atoms with Crippen LogP contribution in [0.4, 0.5) is 0 Å². The first-order chi connectivity index (χ1) is 7.09. The molecule has 0 amide bonds. The highest BCUT2D eigenvalue weighted by Gasteiger charge is 2.10. The van der Waals surface area contributed by atoms with Crippen molar-refractivity contribution in [1.29, 1.82) is 0 Å². The molecule has 0 aromatic carbocycles. The predicted octanol–water partition coefficient (Wildman–Crippen LogP) is 2.73. The van der Waals surface area contributed by atoms with Crippen LogP contribution in [0.3, 0.4) is 0 Å². The lowest BCUT2D eigenvalue weighted by atomic mass is 10.1. The minimum atomic E-state index is 0.169. The monoisotopic (exact) mass is 226 g/mol. The van der Waals surface area contributed by atoms with Crippen molar-refractivity contribution in [2.75, 3.05) is 20.1 Å². The molecule has 1 unspecified atom stereocenters. The smallest absolute Gasteiger partial charge is 0.0518 e. The summed E-state index contributed by atoms with van der Waals surface area (Å²) < 4.78 is 0. The molecule has 2 nitrogen and oxygen atoms in total. The summed E-state index contributed by atoms with van der Waals surface area (Å²) in [6.07, 6.45) is 1.24. The van der Waals surface area contributed by atoms with Gasteiger partial charge >= 0.3 is 0 Å². The number of hydrogen-bond donors (Lipinski definition) is 1. The molecule has 3 heteroatoms. The topological polar surface area (TPSA) is 29.3 Å². The molecule has 0 radical (unpaired) electrons. The van der Waals surface area contributed by atoms with Crippen LogP contribution in [0.5, 0.6) is 0 Å². The Hall–Kier alpha value is -0.380. The molecule has 1 aromatic rings. The van der Waals surface area contributed by atoms with E-state index in [0.29, 0.717) is 0 Å². The summed E-state index contributed by atoms with van der Waals surface area (Å²) in [6, 6.07) is 4.35. The normalized spacial score (nSPS) is 13.7. The summed E-state index contributed by atoms with van der Waals surface area (Å²) in [5.41, 5.74) is 6.12. The van der Waals surface area contributed by atoms with Crippen molar-refractivity contribution in [3.05, 3.63) is 22.4 Å². The van der Waals surface area contributed by atoms with E-state index < -0.39 is 0 Å². The van der Waals surface area contributed by atoms with Crippen LogP contribution in [0.1, 0.15) is 31.2 Å². The Balaban J connectivity index is 2.28. The van der Waals surface area contributed by atoms with E-state index in [0.717, 1.165) is 19.0 Å². The largest absolute Gasteiger partial charge is 0.322 e. The van der Waals surface area contributed by atoms with E-state index in [1.165, 1.54) is 11.3 Å². The average Bonchev–Trinajstić information content (AvgIpc) is 2.67. The predicted molar refractivity (Wildman–Crippen MR) is 68.2 cm³/mol. The minimum Gasteiger partial charge on any atom is -0.322 e. The molecular weight excluding hydrogens is 204 g/mol. The molecule has 0 bridgehead atoms. The van der Waals surface area contributed by atoms with Gasteiger partial charge in [-0.25, -0.2) is 0 Å². The molecule has 1 rings (SSSR count). The number of nitrogens with two attached hydrogens (primary N) is 1. The lowest BCUT2D eigenvalue weighted by Gasteiger charge is -2.21. The highest BCUT2D eigenvalue weighted by atomic mass is 32.1. The highest BCUT2D eigenvalue weighted by Crippen LogP contribution is 2.17. The molecule has 0 aliphatic heterocycles. The Bertz CT molecular complexity index is 257. The van der Waals surface area contributed by atoms with Crippen LogP contribution in [0.15, 0.2) is 17.5 Å². The first-order valence-electron chi connectivity index (χ1n) is 5.57. The highest BCUT2D eigenvalue weighted by molar-refractivity contribution is 7.10. The molecule has 2 N–H and O–H groups in total. The molecule has 1 aromatic heterocycles.